The molecular formula is C17H24FIN4S. The number of nitrogens with zero attached hydrogens (tertiary/aromatic N) is 3. The first-order chi connectivity index (χ1) is 11.1. The molecule has 0 spiro atoms. The maximum Gasteiger partial charge on any atom is 0.193 e. The van der Waals surface area contributed by atoms with Crippen LogP contribution >= 0.6 is 35.3 Å². The van der Waals surface area contributed by atoms with Crippen LogP contribution in [0, 0.1) is 12.7 Å². The predicted molar refractivity (Wildman–Crippen MR) is 110 cm³/mol. The molecule has 0 fully saturated rings. The van der Waals surface area contributed by atoms with Crippen LogP contribution < -0.4 is 5.32 Å². The van der Waals surface area contributed by atoms with Crippen molar-refractivity contribution in [3.05, 3.63) is 51.7 Å². The van der Waals surface area contributed by atoms with Gasteiger partial charge in [0.25, 0.3) is 0 Å². The fourth-order valence-corrected chi connectivity index (χ4v) is 2.85. The van der Waals surface area contributed by atoms with Gasteiger partial charge < -0.3 is 10.2 Å². The maximum atomic E-state index is 13.0. The molecule has 2 aromatic rings. The molecule has 0 aliphatic rings. The molecule has 0 saturated carbocycles. The van der Waals surface area contributed by atoms with E-state index in [0.717, 1.165) is 35.2 Å². The van der Waals surface area contributed by atoms with Crippen molar-refractivity contribution in [1.29, 1.82) is 0 Å². The van der Waals surface area contributed by atoms with Crippen molar-refractivity contribution in [3.8, 4) is 0 Å². The van der Waals surface area contributed by atoms with Gasteiger partial charge in [0.05, 0.1) is 10.7 Å². The molecule has 1 N–H and O–H groups in total. The highest BCUT2D eigenvalue weighted by Gasteiger charge is 2.07. The van der Waals surface area contributed by atoms with Gasteiger partial charge in [-0.1, -0.05) is 12.1 Å². The fraction of sp³-hybridized carbons (Fsp3) is 0.412. The van der Waals surface area contributed by atoms with Crippen LogP contribution in [0.15, 0.2) is 34.6 Å². The number of rotatable bonds is 6. The molecule has 0 atom stereocenters. The van der Waals surface area contributed by atoms with E-state index in [2.05, 4.69) is 20.7 Å². The summed E-state index contributed by atoms with van der Waals surface area (Å²) in [6.07, 6.45) is 0.837. The van der Waals surface area contributed by atoms with Gasteiger partial charge in [-0.25, -0.2) is 9.37 Å². The van der Waals surface area contributed by atoms with Gasteiger partial charge in [0.2, 0.25) is 0 Å². The zero-order valence-electron chi connectivity index (χ0n) is 14.3. The van der Waals surface area contributed by atoms with E-state index in [1.54, 1.807) is 23.5 Å². The Morgan fingerprint density at radius 3 is 2.62 bits per heavy atom. The van der Waals surface area contributed by atoms with Crippen molar-refractivity contribution < 1.29 is 4.39 Å². The molecule has 0 radical (unpaired) electrons. The Hall–Kier alpha value is -1.22. The smallest absolute Gasteiger partial charge is 0.193 e. The van der Waals surface area contributed by atoms with Gasteiger partial charge >= 0.3 is 0 Å². The van der Waals surface area contributed by atoms with Gasteiger partial charge in [-0.15, -0.1) is 35.3 Å². The lowest BCUT2D eigenvalue weighted by atomic mass is 10.2. The second-order valence-electron chi connectivity index (χ2n) is 5.33. The van der Waals surface area contributed by atoms with E-state index in [9.17, 15) is 4.39 Å². The Bertz CT molecular complexity index is 642. The predicted octanol–water partition coefficient (Wildman–Crippen LogP) is 3.85. The standard InChI is InChI=1S/C17H23FN4S.HI/c1-4-19-17(20-10-9-16-12-23-13(2)21-16)22(3)11-14-5-7-15(18)8-6-14;/h5-8,12H,4,9-11H2,1-3H3,(H,19,20);1H. The molecule has 1 heterocycles. The lowest BCUT2D eigenvalue weighted by Crippen LogP contribution is -2.38. The lowest BCUT2D eigenvalue weighted by Gasteiger charge is -2.22. The average Bonchev–Trinajstić information content (AvgIpc) is 2.94. The monoisotopic (exact) mass is 462 g/mol. The number of thiazole rings is 1. The molecule has 7 heteroatoms. The molecule has 132 valence electrons. The fourth-order valence-electron chi connectivity index (χ4n) is 2.21. The summed E-state index contributed by atoms with van der Waals surface area (Å²) in [5.74, 6) is 0.638. The molecular weight excluding hydrogens is 438 g/mol. The van der Waals surface area contributed by atoms with Crippen molar-refractivity contribution in [2.75, 3.05) is 20.1 Å². The number of hydrogen-bond acceptors (Lipinski definition) is 3. The van der Waals surface area contributed by atoms with E-state index in [1.165, 1.54) is 12.1 Å². The zero-order valence-corrected chi connectivity index (χ0v) is 17.4. The van der Waals surface area contributed by atoms with Crippen LogP contribution in [0.2, 0.25) is 0 Å². The molecule has 0 amide bonds. The highest BCUT2D eigenvalue weighted by atomic mass is 127. The van der Waals surface area contributed by atoms with Crippen LogP contribution in [-0.4, -0.2) is 36.0 Å². The molecule has 4 nitrogen and oxygen atoms in total. The number of hydrogen-bond donors (Lipinski definition) is 1. The number of aromatic nitrogens is 1. The zero-order chi connectivity index (χ0) is 16.7. The molecule has 0 unspecified atom stereocenters. The Morgan fingerprint density at radius 1 is 1.33 bits per heavy atom. The Kier molecular flexibility index (Phi) is 9.20. The van der Waals surface area contributed by atoms with Gasteiger partial charge in [-0.05, 0) is 31.5 Å². The van der Waals surface area contributed by atoms with E-state index in [4.69, 9.17) is 0 Å². The number of aliphatic imine (C=N–C) groups is 1. The second-order valence-corrected chi connectivity index (χ2v) is 6.39. The summed E-state index contributed by atoms with van der Waals surface area (Å²) in [4.78, 5) is 11.2. The Balaban J connectivity index is 0.00000288. The largest absolute Gasteiger partial charge is 0.357 e. The lowest BCUT2D eigenvalue weighted by molar-refractivity contribution is 0.476. The van der Waals surface area contributed by atoms with Crippen molar-refractivity contribution in [1.82, 2.24) is 15.2 Å². The van der Waals surface area contributed by atoms with Gasteiger partial charge in [-0.3, -0.25) is 4.99 Å². The molecule has 1 aromatic heterocycles. The van der Waals surface area contributed by atoms with Gasteiger partial charge in [-0.2, -0.15) is 0 Å². The highest BCUT2D eigenvalue weighted by molar-refractivity contribution is 14.0. The van der Waals surface area contributed by atoms with E-state index < -0.39 is 0 Å². The minimum absolute atomic E-state index is 0. The van der Waals surface area contributed by atoms with E-state index in [-0.39, 0.29) is 29.8 Å². The number of aryl methyl sites for hydroxylation is 1. The topological polar surface area (TPSA) is 40.5 Å². The summed E-state index contributed by atoms with van der Waals surface area (Å²) in [5, 5.41) is 6.46. The molecule has 24 heavy (non-hydrogen) atoms. The number of guanidine groups is 1. The Morgan fingerprint density at radius 2 is 2.04 bits per heavy atom. The third kappa shape index (κ3) is 6.72. The second kappa shape index (κ2) is 10.6. The first-order valence-corrected chi connectivity index (χ1v) is 8.61. The molecule has 0 aliphatic heterocycles. The van der Waals surface area contributed by atoms with Crippen molar-refractivity contribution in [2.24, 2.45) is 4.99 Å². The van der Waals surface area contributed by atoms with Crippen LogP contribution in [-0.2, 0) is 13.0 Å². The first-order valence-electron chi connectivity index (χ1n) is 7.73. The maximum absolute atomic E-state index is 13.0. The molecule has 1 aromatic carbocycles. The summed E-state index contributed by atoms with van der Waals surface area (Å²) in [6, 6.07) is 6.57. The van der Waals surface area contributed by atoms with Crippen LogP contribution in [0.4, 0.5) is 4.39 Å². The summed E-state index contributed by atoms with van der Waals surface area (Å²) in [7, 11) is 1.98. The third-order valence-electron chi connectivity index (χ3n) is 3.33. The highest BCUT2D eigenvalue weighted by Crippen LogP contribution is 2.09. The van der Waals surface area contributed by atoms with E-state index in [1.807, 2.05) is 25.8 Å². The van der Waals surface area contributed by atoms with Crippen LogP contribution in [0.5, 0.6) is 0 Å². The molecule has 0 bridgehead atoms. The first kappa shape index (κ1) is 20.8. The van der Waals surface area contributed by atoms with Crippen LogP contribution in [0.25, 0.3) is 0 Å². The van der Waals surface area contributed by atoms with Crippen LogP contribution in [0.1, 0.15) is 23.2 Å². The SMILES string of the molecule is CCNC(=NCCc1csc(C)n1)N(C)Cc1ccc(F)cc1.I. The van der Waals surface area contributed by atoms with Crippen molar-refractivity contribution >= 4 is 41.3 Å². The Labute approximate surface area is 164 Å². The minimum atomic E-state index is -0.212. The van der Waals surface area contributed by atoms with Crippen molar-refractivity contribution in [3.63, 3.8) is 0 Å². The average molecular weight is 462 g/mol. The van der Waals surface area contributed by atoms with Crippen LogP contribution in [0.3, 0.4) is 0 Å². The van der Waals surface area contributed by atoms with E-state index in [0.29, 0.717) is 13.1 Å². The third-order valence-corrected chi connectivity index (χ3v) is 4.15. The van der Waals surface area contributed by atoms with Gasteiger partial charge in [0.1, 0.15) is 5.82 Å². The number of nitrogens with one attached hydrogen (secondary N) is 1. The number of benzene rings is 1. The number of halogens is 2. The van der Waals surface area contributed by atoms with Gasteiger partial charge in [0.15, 0.2) is 5.96 Å². The van der Waals surface area contributed by atoms with Gasteiger partial charge in [0, 0.05) is 38.5 Å². The summed E-state index contributed by atoms with van der Waals surface area (Å²) in [6.45, 7) is 6.24. The summed E-state index contributed by atoms with van der Waals surface area (Å²) in [5.41, 5.74) is 2.14. The minimum Gasteiger partial charge on any atom is -0.357 e. The quantitative estimate of drug-likeness (QED) is 0.403. The summed E-state index contributed by atoms with van der Waals surface area (Å²) < 4.78 is 13.0. The van der Waals surface area contributed by atoms with E-state index >= 15 is 0 Å². The molecule has 2 rings (SSSR count). The normalized spacial score (nSPS) is 11.1. The molecule has 0 saturated heterocycles. The summed E-state index contributed by atoms with van der Waals surface area (Å²) >= 11 is 1.67. The van der Waals surface area contributed by atoms with Crippen molar-refractivity contribution in [2.45, 2.75) is 26.8 Å². The molecule has 0 aliphatic carbocycles.